The van der Waals surface area contributed by atoms with Crippen molar-refractivity contribution in [1.82, 2.24) is 19.7 Å². The Morgan fingerprint density at radius 2 is 1.64 bits per heavy atom. The Hall–Kier alpha value is -3.87. The number of nitrogens with zero attached hydrogens (tertiary/aromatic N) is 5. The molecule has 0 atom stereocenters. The highest BCUT2D eigenvalue weighted by Crippen LogP contribution is 2.36. The van der Waals surface area contributed by atoms with Gasteiger partial charge in [-0.1, -0.05) is 32.6 Å². The molecule has 0 amide bonds. The Morgan fingerprint density at radius 3 is 2.26 bits per heavy atom. The van der Waals surface area contributed by atoms with Crippen molar-refractivity contribution in [3.05, 3.63) is 55.0 Å². The topological polar surface area (TPSA) is 74.5 Å². The monoisotopic (exact) mass is 543 g/mol. The van der Waals surface area contributed by atoms with E-state index >= 15 is 0 Å². The maximum Gasteiger partial charge on any atom is 0.193 e. The fraction of sp³-hybridized carbons (Fsp3) is 0.367. The van der Waals surface area contributed by atoms with Crippen molar-refractivity contribution < 1.29 is 13.9 Å². The van der Waals surface area contributed by atoms with Crippen molar-refractivity contribution in [2.24, 2.45) is 7.05 Å². The highest BCUT2D eigenvalue weighted by Gasteiger charge is 2.36. The fourth-order valence-electron chi connectivity index (χ4n) is 3.76. The third-order valence-corrected chi connectivity index (χ3v) is 11.6. The Balaban J connectivity index is 1.69. The molecule has 0 unspecified atom stereocenters. The first-order valence-corrected chi connectivity index (χ1v) is 15.8. The predicted molar refractivity (Wildman–Crippen MR) is 159 cm³/mol. The molecule has 0 saturated carbocycles. The lowest BCUT2D eigenvalue weighted by molar-refractivity contribution is 0.334. The van der Waals surface area contributed by atoms with Crippen molar-refractivity contribution >= 4 is 30.7 Å². The molecule has 2 aromatic carbocycles. The Morgan fingerprint density at radius 1 is 0.923 bits per heavy atom. The van der Waals surface area contributed by atoms with Crippen LogP contribution in [0, 0.1) is 11.8 Å². The van der Waals surface area contributed by atoms with E-state index in [2.05, 4.69) is 60.7 Å². The lowest BCUT2D eigenvalue weighted by Gasteiger charge is -2.35. The van der Waals surface area contributed by atoms with Gasteiger partial charge in [0.15, 0.2) is 8.32 Å². The maximum absolute atomic E-state index is 6.26. The minimum Gasteiger partial charge on any atom is -0.497 e. The van der Waals surface area contributed by atoms with Crippen LogP contribution in [0.15, 0.2) is 55.0 Å². The first kappa shape index (κ1) is 28.1. The summed E-state index contributed by atoms with van der Waals surface area (Å²) in [6.45, 7) is 12.0. The maximum atomic E-state index is 6.26. The van der Waals surface area contributed by atoms with Crippen molar-refractivity contribution in [3.63, 3.8) is 0 Å². The van der Waals surface area contributed by atoms with Gasteiger partial charge in [0.05, 0.1) is 56.5 Å². The van der Waals surface area contributed by atoms with E-state index in [4.69, 9.17) is 18.9 Å². The lowest BCUT2D eigenvalue weighted by Crippen LogP contribution is -2.40. The van der Waals surface area contributed by atoms with E-state index in [9.17, 15) is 0 Å². The highest BCUT2D eigenvalue weighted by molar-refractivity contribution is 6.74. The molecule has 204 valence electrons. The van der Waals surface area contributed by atoms with E-state index in [1.54, 1.807) is 31.3 Å². The first-order chi connectivity index (χ1) is 18.5. The number of rotatable bonds is 8. The van der Waals surface area contributed by atoms with Crippen LogP contribution in [-0.2, 0) is 11.5 Å². The van der Waals surface area contributed by atoms with Crippen LogP contribution in [0.25, 0.3) is 22.3 Å². The van der Waals surface area contributed by atoms with Gasteiger partial charge in [-0.15, -0.1) is 0 Å². The number of anilines is 2. The van der Waals surface area contributed by atoms with Crippen LogP contribution in [-0.4, -0.2) is 55.4 Å². The normalized spacial score (nSPS) is 11.7. The third-order valence-electron chi connectivity index (χ3n) is 7.16. The molecule has 9 heteroatoms. The summed E-state index contributed by atoms with van der Waals surface area (Å²) in [5, 5.41) is 4.40. The second kappa shape index (κ2) is 11.5. The van der Waals surface area contributed by atoms with Crippen molar-refractivity contribution in [2.45, 2.75) is 38.9 Å². The summed E-state index contributed by atoms with van der Waals surface area (Å²) in [7, 11) is 3.31. The molecule has 0 radical (unpaired) electrons. The summed E-state index contributed by atoms with van der Waals surface area (Å²) in [4.78, 5) is 11.6. The van der Waals surface area contributed by atoms with Gasteiger partial charge in [0, 0.05) is 48.4 Å². The molecule has 0 bridgehead atoms. The second-order valence-electron chi connectivity index (χ2n) is 10.9. The zero-order valence-corrected chi connectivity index (χ0v) is 25.1. The standard InChI is InChI=1S/C30H37N5O3Si/c1-30(2,3)39(7,8)38-14-10-9-13-35(24-15-25(36-5)18-26(16-24)37-6)23-11-12-27-28(17-23)33-29(20-31-27)22-19-32-34(4)21-22/h11-12,15-21H,13-14H2,1-8H3. The van der Waals surface area contributed by atoms with Crippen LogP contribution in [0.2, 0.25) is 18.1 Å². The number of hydrogen-bond donors (Lipinski definition) is 0. The summed E-state index contributed by atoms with van der Waals surface area (Å²) in [6.07, 6.45) is 5.49. The average molecular weight is 544 g/mol. The summed E-state index contributed by atoms with van der Waals surface area (Å²) in [5.41, 5.74) is 5.09. The minimum atomic E-state index is -1.87. The number of aromatic nitrogens is 4. The molecular weight excluding hydrogens is 506 g/mol. The molecule has 2 aromatic heterocycles. The van der Waals surface area contributed by atoms with Gasteiger partial charge >= 0.3 is 0 Å². The summed E-state index contributed by atoms with van der Waals surface area (Å²) in [6, 6.07) is 11.8. The summed E-state index contributed by atoms with van der Waals surface area (Å²) < 4.78 is 19.1. The average Bonchev–Trinajstić information content (AvgIpc) is 3.35. The van der Waals surface area contributed by atoms with Crippen LogP contribution in [0.5, 0.6) is 11.5 Å². The third kappa shape index (κ3) is 6.59. The van der Waals surface area contributed by atoms with Crippen LogP contribution in [0.4, 0.5) is 11.4 Å². The van der Waals surface area contributed by atoms with Gasteiger partial charge in [0.2, 0.25) is 0 Å². The van der Waals surface area contributed by atoms with Crippen LogP contribution in [0.1, 0.15) is 20.8 Å². The first-order valence-electron chi connectivity index (χ1n) is 12.9. The second-order valence-corrected chi connectivity index (χ2v) is 15.7. The van der Waals surface area contributed by atoms with E-state index < -0.39 is 8.32 Å². The Kier molecular flexibility index (Phi) is 8.28. The van der Waals surface area contributed by atoms with E-state index in [-0.39, 0.29) is 5.04 Å². The zero-order valence-electron chi connectivity index (χ0n) is 24.1. The van der Waals surface area contributed by atoms with E-state index in [1.807, 2.05) is 49.6 Å². The molecular formula is C30H37N5O3Si. The summed E-state index contributed by atoms with van der Waals surface area (Å²) in [5.74, 6) is 7.94. The molecule has 0 aliphatic rings. The molecule has 2 heterocycles. The molecule has 8 nitrogen and oxygen atoms in total. The summed E-state index contributed by atoms with van der Waals surface area (Å²) >= 11 is 0. The van der Waals surface area contributed by atoms with Crippen LogP contribution < -0.4 is 14.4 Å². The predicted octanol–water partition coefficient (Wildman–Crippen LogP) is 6.21. The number of fused-ring (bicyclic) bond motifs is 1. The molecule has 4 aromatic rings. The number of benzene rings is 2. The van der Waals surface area contributed by atoms with E-state index in [0.717, 1.165) is 33.7 Å². The molecule has 0 aliphatic carbocycles. The van der Waals surface area contributed by atoms with Crippen molar-refractivity contribution in [2.75, 3.05) is 32.3 Å². The van der Waals surface area contributed by atoms with Crippen LogP contribution in [0.3, 0.4) is 0 Å². The molecule has 0 fully saturated rings. The molecule has 39 heavy (non-hydrogen) atoms. The van der Waals surface area contributed by atoms with Gasteiger partial charge in [-0.3, -0.25) is 9.67 Å². The quantitative estimate of drug-likeness (QED) is 0.193. The molecule has 4 rings (SSSR count). The van der Waals surface area contributed by atoms with Gasteiger partial charge in [-0.05, 0) is 36.3 Å². The van der Waals surface area contributed by atoms with Gasteiger partial charge in [-0.25, -0.2) is 4.98 Å². The van der Waals surface area contributed by atoms with Gasteiger partial charge in [0.25, 0.3) is 0 Å². The number of ether oxygens (including phenoxy) is 2. The number of aryl methyl sites for hydroxylation is 1. The highest BCUT2D eigenvalue weighted by atomic mass is 28.4. The molecule has 0 spiro atoms. The van der Waals surface area contributed by atoms with Gasteiger partial charge in [-0.2, -0.15) is 5.10 Å². The minimum absolute atomic E-state index is 0.138. The SMILES string of the molecule is COc1cc(OC)cc(N(CC#CCO[Si](C)(C)C(C)(C)C)c2ccc3ncc(-c4cnn(C)c4)nc3c2)c1. The Bertz CT molecular complexity index is 1490. The van der Waals surface area contributed by atoms with E-state index in [1.165, 1.54) is 0 Å². The van der Waals surface area contributed by atoms with Gasteiger partial charge < -0.3 is 18.8 Å². The van der Waals surface area contributed by atoms with Gasteiger partial charge in [0.1, 0.15) is 11.5 Å². The molecule has 0 N–H and O–H groups in total. The molecule has 0 saturated heterocycles. The number of methoxy groups -OCH3 is 2. The van der Waals surface area contributed by atoms with Crippen molar-refractivity contribution in [1.29, 1.82) is 0 Å². The largest absolute Gasteiger partial charge is 0.497 e. The van der Waals surface area contributed by atoms with E-state index in [0.29, 0.717) is 24.7 Å². The smallest absolute Gasteiger partial charge is 0.193 e. The number of hydrogen-bond acceptors (Lipinski definition) is 7. The Labute approximate surface area is 232 Å². The fourth-order valence-corrected chi connectivity index (χ4v) is 4.63. The lowest BCUT2D eigenvalue weighted by atomic mass is 10.2. The van der Waals surface area contributed by atoms with Crippen molar-refractivity contribution in [3.8, 4) is 34.6 Å². The molecule has 0 aliphatic heterocycles. The van der Waals surface area contributed by atoms with Crippen LogP contribution >= 0.6 is 0 Å². The zero-order chi connectivity index (χ0) is 28.2.